The van der Waals surface area contributed by atoms with Gasteiger partial charge in [0.25, 0.3) is 5.96 Å². The zero-order valence-electron chi connectivity index (χ0n) is 7.81. The molecule has 0 amide bonds. The molecule has 7 nitrogen and oxygen atoms in total. The Kier molecular flexibility index (Phi) is 4.28. The van der Waals surface area contributed by atoms with Gasteiger partial charge in [-0.1, -0.05) is 0 Å². The van der Waals surface area contributed by atoms with Crippen molar-refractivity contribution < 1.29 is 9.63 Å². The molecule has 0 heterocycles. The molecule has 0 unspecified atom stereocenters. The molecule has 0 spiro atoms. The molecule has 0 aromatic heterocycles. The maximum Gasteiger partial charge on any atom is 0.332 e. The second-order valence-electron chi connectivity index (χ2n) is 2.40. The molecule has 0 fully saturated rings. The molecule has 0 saturated carbocycles. The van der Waals surface area contributed by atoms with Crippen molar-refractivity contribution in [1.82, 2.24) is 4.90 Å². The SMILES string of the molecule is CC(=O)O/N=C(N)\N=C(\N)N(C)C. The Labute approximate surface area is 76.0 Å². The van der Waals surface area contributed by atoms with Crippen molar-refractivity contribution in [2.75, 3.05) is 14.1 Å². The minimum Gasteiger partial charge on any atom is -0.369 e. The molecule has 4 N–H and O–H groups in total. The average molecular weight is 187 g/mol. The van der Waals surface area contributed by atoms with Crippen LogP contribution in [0.3, 0.4) is 0 Å². The van der Waals surface area contributed by atoms with E-state index in [1.54, 1.807) is 14.1 Å². The van der Waals surface area contributed by atoms with Crippen molar-refractivity contribution >= 4 is 17.9 Å². The van der Waals surface area contributed by atoms with Crippen molar-refractivity contribution in [2.24, 2.45) is 21.6 Å². The molecule has 0 bridgehead atoms. The second-order valence-corrected chi connectivity index (χ2v) is 2.40. The van der Waals surface area contributed by atoms with E-state index in [1.807, 2.05) is 0 Å². The smallest absolute Gasteiger partial charge is 0.332 e. The molecule has 74 valence electrons. The van der Waals surface area contributed by atoms with Crippen LogP contribution < -0.4 is 11.5 Å². The highest BCUT2D eigenvalue weighted by Crippen LogP contribution is 1.81. The lowest BCUT2D eigenvalue weighted by Crippen LogP contribution is -2.32. The van der Waals surface area contributed by atoms with Gasteiger partial charge in [-0.2, -0.15) is 4.99 Å². The van der Waals surface area contributed by atoms with E-state index in [0.717, 1.165) is 0 Å². The maximum absolute atomic E-state index is 10.3. The van der Waals surface area contributed by atoms with Crippen molar-refractivity contribution in [3.05, 3.63) is 0 Å². The van der Waals surface area contributed by atoms with E-state index in [1.165, 1.54) is 11.8 Å². The van der Waals surface area contributed by atoms with Crippen LogP contribution in [0.2, 0.25) is 0 Å². The Morgan fingerprint density at radius 3 is 2.31 bits per heavy atom. The number of aliphatic imine (C=N–C) groups is 1. The second kappa shape index (κ2) is 4.96. The number of hydrogen-bond donors (Lipinski definition) is 2. The predicted octanol–water partition coefficient (Wildman–Crippen LogP) is -1.34. The number of rotatable bonds is 1. The fourth-order valence-electron chi connectivity index (χ4n) is 0.349. The maximum atomic E-state index is 10.3. The largest absolute Gasteiger partial charge is 0.369 e. The Bertz CT molecular complexity index is 245. The Morgan fingerprint density at radius 1 is 1.38 bits per heavy atom. The first kappa shape index (κ1) is 11.2. The van der Waals surface area contributed by atoms with Crippen LogP contribution in [0.15, 0.2) is 10.1 Å². The first-order chi connectivity index (χ1) is 5.93. The van der Waals surface area contributed by atoms with Crippen LogP contribution in [-0.2, 0) is 9.63 Å². The lowest BCUT2D eigenvalue weighted by atomic mass is 10.8. The van der Waals surface area contributed by atoms with Gasteiger partial charge in [-0.3, -0.25) is 0 Å². The summed E-state index contributed by atoms with van der Waals surface area (Å²) in [5, 5.41) is 3.20. The molecular formula is C6H13N5O2. The molecule has 0 aromatic carbocycles. The lowest BCUT2D eigenvalue weighted by molar-refractivity contribution is -0.140. The van der Waals surface area contributed by atoms with Crippen LogP contribution in [0.1, 0.15) is 6.92 Å². The van der Waals surface area contributed by atoms with Gasteiger partial charge in [0.2, 0.25) is 0 Å². The molecule has 0 aliphatic rings. The summed E-state index contributed by atoms with van der Waals surface area (Å²) in [7, 11) is 3.38. The van der Waals surface area contributed by atoms with Crippen molar-refractivity contribution in [2.45, 2.75) is 6.92 Å². The van der Waals surface area contributed by atoms with Gasteiger partial charge in [-0.25, -0.2) is 4.79 Å². The van der Waals surface area contributed by atoms with Gasteiger partial charge in [-0.05, 0) is 5.16 Å². The van der Waals surface area contributed by atoms with Crippen LogP contribution in [-0.4, -0.2) is 36.9 Å². The number of oxime groups is 1. The minimum atomic E-state index is -0.568. The molecule has 0 atom stereocenters. The zero-order chi connectivity index (χ0) is 10.4. The number of carbonyl (C=O) groups is 1. The number of guanidine groups is 2. The molecule has 7 heteroatoms. The van der Waals surface area contributed by atoms with E-state index in [4.69, 9.17) is 11.5 Å². The summed E-state index contributed by atoms with van der Waals surface area (Å²) in [6.45, 7) is 1.20. The Balaban J connectivity index is 4.27. The molecule has 0 aliphatic heterocycles. The van der Waals surface area contributed by atoms with Gasteiger partial charge in [-0.15, -0.1) is 0 Å². The summed E-state index contributed by atoms with van der Waals surface area (Å²) in [6.07, 6.45) is 0. The third-order valence-electron chi connectivity index (χ3n) is 0.955. The van der Waals surface area contributed by atoms with Crippen molar-refractivity contribution in [1.29, 1.82) is 0 Å². The van der Waals surface area contributed by atoms with Crippen molar-refractivity contribution in [3.63, 3.8) is 0 Å². The van der Waals surface area contributed by atoms with E-state index in [-0.39, 0.29) is 11.9 Å². The van der Waals surface area contributed by atoms with Gasteiger partial charge in [0.15, 0.2) is 5.96 Å². The summed E-state index contributed by atoms with van der Waals surface area (Å²) in [5.74, 6) is -0.601. The van der Waals surface area contributed by atoms with E-state index in [2.05, 4.69) is 15.0 Å². The Hall–Kier alpha value is -1.79. The third-order valence-corrected chi connectivity index (χ3v) is 0.955. The highest BCUT2D eigenvalue weighted by molar-refractivity contribution is 5.93. The molecule has 0 aliphatic carbocycles. The van der Waals surface area contributed by atoms with Gasteiger partial charge >= 0.3 is 5.97 Å². The molecule has 0 radical (unpaired) electrons. The van der Waals surface area contributed by atoms with Crippen LogP contribution in [0.25, 0.3) is 0 Å². The topological polar surface area (TPSA) is 106 Å². The predicted molar refractivity (Wildman–Crippen MR) is 48.7 cm³/mol. The van der Waals surface area contributed by atoms with Gasteiger partial charge in [0.05, 0.1) is 0 Å². The molecule has 0 rings (SSSR count). The average Bonchev–Trinajstić information content (AvgIpc) is 2.00. The third kappa shape index (κ3) is 5.48. The van der Waals surface area contributed by atoms with E-state index >= 15 is 0 Å². The van der Waals surface area contributed by atoms with Crippen LogP contribution >= 0.6 is 0 Å². The first-order valence-electron chi connectivity index (χ1n) is 3.46. The summed E-state index contributed by atoms with van der Waals surface area (Å²) >= 11 is 0. The Morgan fingerprint density at radius 2 is 1.92 bits per heavy atom. The van der Waals surface area contributed by atoms with E-state index in [9.17, 15) is 4.79 Å². The molecular weight excluding hydrogens is 174 g/mol. The summed E-state index contributed by atoms with van der Waals surface area (Å²) < 4.78 is 0. The number of nitrogens with zero attached hydrogens (tertiary/aromatic N) is 3. The zero-order valence-corrected chi connectivity index (χ0v) is 7.81. The van der Waals surface area contributed by atoms with E-state index in [0.29, 0.717) is 0 Å². The monoisotopic (exact) mass is 187 g/mol. The molecule has 0 aromatic rings. The summed E-state index contributed by atoms with van der Waals surface area (Å²) in [6, 6.07) is 0. The molecule has 0 saturated heterocycles. The van der Waals surface area contributed by atoms with Crippen molar-refractivity contribution in [3.8, 4) is 0 Å². The van der Waals surface area contributed by atoms with Crippen LogP contribution in [0.4, 0.5) is 0 Å². The lowest BCUT2D eigenvalue weighted by Gasteiger charge is -2.09. The minimum absolute atomic E-state index is 0.174. The van der Waals surface area contributed by atoms with Gasteiger partial charge in [0, 0.05) is 21.0 Å². The normalized spacial score (nSPS) is 12.5. The van der Waals surface area contributed by atoms with Crippen LogP contribution in [0, 0.1) is 0 Å². The summed E-state index contributed by atoms with van der Waals surface area (Å²) in [4.78, 5) is 19.7. The quantitative estimate of drug-likeness (QED) is 0.228. The van der Waals surface area contributed by atoms with Gasteiger partial charge < -0.3 is 21.2 Å². The number of hydrogen-bond acceptors (Lipinski definition) is 3. The highest BCUT2D eigenvalue weighted by atomic mass is 16.7. The summed E-state index contributed by atoms with van der Waals surface area (Å²) in [5.41, 5.74) is 10.6. The van der Waals surface area contributed by atoms with Crippen LogP contribution in [0.5, 0.6) is 0 Å². The number of nitrogens with two attached hydrogens (primary N) is 2. The standard InChI is InChI=1S/C6H13N5O2/c1-4(12)13-10-5(7)9-6(8)11(2)3/h1-3H3,(H4,7,8,9,10). The fraction of sp³-hybridized carbons (Fsp3) is 0.500. The molecule has 13 heavy (non-hydrogen) atoms. The fourth-order valence-corrected chi connectivity index (χ4v) is 0.349. The van der Waals surface area contributed by atoms with Gasteiger partial charge in [0.1, 0.15) is 0 Å². The first-order valence-corrected chi connectivity index (χ1v) is 3.46. The van der Waals surface area contributed by atoms with E-state index < -0.39 is 5.97 Å². The number of carbonyl (C=O) groups excluding carboxylic acids is 1. The highest BCUT2D eigenvalue weighted by Gasteiger charge is 1.97.